The van der Waals surface area contributed by atoms with Gasteiger partial charge in [0.15, 0.2) is 0 Å². The summed E-state index contributed by atoms with van der Waals surface area (Å²) in [4.78, 5) is 0. The third-order valence-corrected chi connectivity index (χ3v) is 9.23. The van der Waals surface area contributed by atoms with Crippen LogP contribution in [0, 0.1) is 0 Å². The van der Waals surface area contributed by atoms with Crippen molar-refractivity contribution in [3.05, 3.63) is 41.7 Å². The molecule has 1 aromatic carbocycles. The Labute approximate surface area is 210 Å². The number of benzene rings is 1. The summed E-state index contributed by atoms with van der Waals surface area (Å²) >= 11 is 0. The van der Waals surface area contributed by atoms with E-state index in [0.717, 1.165) is 0 Å². The van der Waals surface area contributed by atoms with E-state index >= 15 is 0 Å². The van der Waals surface area contributed by atoms with E-state index in [0.29, 0.717) is 0 Å². The van der Waals surface area contributed by atoms with Gasteiger partial charge in [-0.05, 0) is 30.7 Å². The van der Waals surface area contributed by atoms with E-state index in [1.807, 2.05) is 0 Å². The van der Waals surface area contributed by atoms with Gasteiger partial charge in [-0.1, -0.05) is 180 Å². The second-order valence-electron chi connectivity index (χ2n) is 10.1. The molecule has 0 N–H and O–H groups in total. The molecule has 1 heteroatoms. The minimum absolute atomic E-state index is 0.0660. The van der Waals surface area contributed by atoms with Gasteiger partial charge in [0, 0.05) is 0 Å². The smallest absolute Gasteiger partial charge is 0.0256 e. The largest absolute Gasteiger partial charge is 0.0832 e. The zero-order valence-corrected chi connectivity index (χ0v) is 23.4. The van der Waals surface area contributed by atoms with E-state index in [1.165, 1.54) is 146 Å². The van der Waals surface area contributed by atoms with Gasteiger partial charge in [-0.15, -0.1) is 0 Å². The summed E-state index contributed by atoms with van der Waals surface area (Å²) in [6.45, 7) is 4.61. The van der Waals surface area contributed by atoms with Crippen molar-refractivity contribution >= 4 is 14.0 Å². The van der Waals surface area contributed by atoms with Crippen molar-refractivity contribution in [1.82, 2.24) is 0 Å². The van der Waals surface area contributed by atoms with Gasteiger partial charge in [-0.2, -0.15) is 0 Å². The Kier molecular flexibility index (Phi) is 22.6. The molecule has 0 saturated carbocycles. The fraction of sp³-hybridized carbons (Fsp3) is 0.750. The summed E-state index contributed by atoms with van der Waals surface area (Å²) < 4.78 is 0. The van der Waals surface area contributed by atoms with Crippen LogP contribution in [0.5, 0.6) is 0 Å². The normalized spacial score (nSPS) is 11.7. The summed E-state index contributed by atoms with van der Waals surface area (Å²) in [5, 5.41) is 0. The van der Waals surface area contributed by atoms with Crippen LogP contribution in [0.25, 0.3) is 6.08 Å². The zero-order chi connectivity index (χ0) is 23.7. The van der Waals surface area contributed by atoms with Crippen LogP contribution in [0.2, 0.25) is 0 Å². The van der Waals surface area contributed by atoms with Gasteiger partial charge in [-0.3, -0.25) is 0 Å². The number of rotatable bonds is 24. The Morgan fingerprint density at radius 1 is 0.485 bits per heavy atom. The highest BCUT2D eigenvalue weighted by Crippen LogP contribution is 2.40. The van der Waals surface area contributed by atoms with Crippen molar-refractivity contribution in [2.24, 2.45) is 0 Å². The fourth-order valence-electron chi connectivity index (χ4n) is 4.62. The number of unbranched alkanes of at least 4 members (excludes halogenated alkanes) is 18. The van der Waals surface area contributed by atoms with Crippen LogP contribution in [-0.4, -0.2) is 12.3 Å². The van der Waals surface area contributed by atoms with E-state index in [9.17, 15) is 0 Å². The van der Waals surface area contributed by atoms with Gasteiger partial charge >= 0.3 is 0 Å². The van der Waals surface area contributed by atoms with Crippen molar-refractivity contribution in [3.63, 3.8) is 0 Å². The zero-order valence-electron chi connectivity index (χ0n) is 22.5. The van der Waals surface area contributed by atoms with E-state index in [1.54, 1.807) is 0 Å². The lowest BCUT2D eigenvalue weighted by Crippen LogP contribution is -1.91. The van der Waals surface area contributed by atoms with Gasteiger partial charge in [-0.25, -0.2) is 0 Å². The van der Waals surface area contributed by atoms with Crippen LogP contribution >= 0.6 is 7.92 Å². The second-order valence-corrected chi connectivity index (χ2v) is 12.5. The highest BCUT2D eigenvalue weighted by Gasteiger charge is 2.05. The highest BCUT2D eigenvalue weighted by atomic mass is 31.1. The predicted molar refractivity (Wildman–Crippen MR) is 156 cm³/mol. The first-order chi connectivity index (χ1) is 16.4. The average Bonchev–Trinajstić information content (AvgIpc) is 2.85. The van der Waals surface area contributed by atoms with Crippen LogP contribution in [0.3, 0.4) is 0 Å². The molecule has 0 radical (unpaired) electrons. The molecular weight excluding hydrogens is 415 g/mol. The Balaban J connectivity index is 2.17. The fourth-order valence-corrected chi connectivity index (χ4v) is 6.79. The second kappa shape index (κ2) is 24.5. The monoisotopic (exact) mass is 472 g/mol. The van der Waals surface area contributed by atoms with Gasteiger partial charge in [0.25, 0.3) is 0 Å². The van der Waals surface area contributed by atoms with Crippen molar-refractivity contribution in [3.8, 4) is 0 Å². The summed E-state index contributed by atoms with van der Waals surface area (Å²) in [5.74, 6) is 2.59. The maximum atomic E-state index is 2.59. The molecule has 0 nitrogen and oxygen atoms in total. The predicted octanol–water partition coefficient (Wildman–Crippen LogP) is 12.0. The molecule has 0 fully saturated rings. The van der Waals surface area contributed by atoms with Crippen LogP contribution < -0.4 is 0 Å². The molecule has 0 aromatic heterocycles. The third kappa shape index (κ3) is 20.5. The summed E-state index contributed by atoms with van der Waals surface area (Å²) in [7, 11) is 0.0660. The number of hydrogen-bond donors (Lipinski definition) is 0. The van der Waals surface area contributed by atoms with Crippen molar-refractivity contribution in [2.45, 2.75) is 142 Å². The van der Waals surface area contributed by atoms with Crippen molar-refractivity contribution in [2.75, 3.05) is 12.3 Å². The van der Waals surface area contributed by atoms with Gasteiger partial charge in [0.2, 0.25) is 0 Å². The molecule has 0 unspecified atom stereocenters. The quantitative estimate of drug-likeness (QED) is 0.104. The van der Waals surface area contributed by atoms with E-state index in [2.05, 4.69) is 56.1 Å². The third-order valence-electron chi connectivity index (χ3n) is 6.88. The lowest BCUT2D eigenvalue weighted by Gasteiger charge is -2.14. The minimum atomic E-state index is 0.0660. The standard InChI is InChI=1S/C32H57P/c1-3-5-7-9-11-13-15-17-19-24-29-33(31-28-32-26-22-21-23-27-32)30-25-20-18-16-14-12-10-8-6-4-2/h21-23,26-28,31H,3-20,24-25,29-30H2,1-2H3. The molecule has 1 aromatic rings. The SMILES string of the molecule is CCCCCCCCCCCCP(C=Cc1ccccc1)CCCCCCCCCCCC. The summed E-state index contributed by atoms with van der Waals surface area (Å²) in [6, 6.07) is 10.9. The van der Waals surface area contributed by atoms with Crippen molar-refractivity contribution in [1.29, 1.82) is 0 Å². The maximum Gasteiger partial charge on any atom is -0.0256 e. The van der Waals surface area contributed by atoms with Crippen LogP contribution in [0.4, 0.5) is 0 Å². The maximum absolute atomic E-state index is 2.59. The van der Waals surface area contributed by atoms with Crippen molar-refractivity contribution < 1.29 is 0 Å². The molecule has 0 aliphatic rings. The van der Waals surface area contributed by atoms with Crippen LogP contribution in [0.15, 0.2) is 36.1 Å². The Bertz CT molecular complexity index is 497. The minimum Gasteiger partial charge on any atom is -0.0832 e. The molecular formula is C32H57P. The molecule has 33 heavy (non-hydrogen) atoms. The Morgan fingerprint density at radius 2 is 0.848 bits per heavy atom. The van der Waals surface area contributed by atoms with E-state index in [4.69, 9.17) is 0 Å². The lowest BCUT2D eigenvalue weighted by atomic mass is 10.1. The Hall–Kier alpha value is -0.610. The van der Waals surface area contributed by atoms with Gasteiger partial charge in [0.05, 0.1) is 0 Å². The highest BCUT2D eigenvalue weighted by molar-refractivity contribution is 7.61. The molecule has 0 spiro atoms. The molecule has 0 atom stereocenters. The van der Waals surface area contributed by atoms with E-state index < -0.39 is 0 Å². The molecule has 0 aliphatic carbocycles. The van der Waals surface area contributed by atoms with Gasteiger partial charge in [0.1, 0.15) is 0 Å². The molecule has 1 rings (SSSR count). The van der Waals surface area contributed by atoms with Crippen LogP contribution in [0.1, 0.15) is 148 Å². The molecule has 0 amide bonds. The van der Waals surface area contributed by atoms with Gasteiger partial charge < -0.3 is 0 Å². The summed E-state index contributed by atoms with van der Waals surface area (Å²) in [5.41, 5.74) is 1.37. The molecule has 0 aliphatic heterocycles. The lowest BCUT2D eigenvalue weighted by molar-refractivity contribution is 0.561. The molecule has 0 saturated heterocycles. The summed E-state index contributed by atoms with van der Waals surface area (Å²) in [6.07, 6.45) is 34.2. The van der Waals surface area contributed by atoms with Crippen LogP contribution in [-0.2, 0) is 0 Å². The first-order valence-electron chi connectivity index (χ1n) is 14.8. The molecule has 0 bridgehead atoms. The first-order valence-corrected chi connectivity index (χ1v) is 16.6. The average molecular weight is 473 g/mol. The molecule has 0 heterocycles. The topological polar surface area (TPSA) is 0 Å². The van der Waals surface area contributed by atoms with E-state index in [-0.39, 0.29) is 7.92 Å². The Morgan fingerprint density at radius 3 is 1.24 bits per heavy atom. The first kappa shape index (κ1) is 30.4. The number of hydrogen-bond acceptors (Lipinski definition) is 0. The molecule has 190 valence electrons.